The number of carbonyl (C=O) groups is 1. The summed E-state index contributed by atoms with van der Waals surface area (Å²) in [6.07, 6.45) is 0. The van der Waals surface area contributed by atoms with Crippen molar-refractivity contribution in [3.8, 4) is 0 Å². The molecule has 0 heterocycles. The lowest BCUT2D eigenvalue weighted by atomic mass is 10.3. The molecular weight excluding hydrogens is 242 g/mol. The fourth-order valence-electron chi connectivity index (χ4n) is 1.13. The Morgan fingerprint density at radius 3 is 2.47 bits per heavy atom. The van der Waals surface area contributed by atoms with Crippen molar-refractivity contribution in [2.24, 2.45) is 5.14 Å². The van der Waals surface area contributed by atoms with Crippen LogP contribution in [0, 0.1) is 0 Å². The largest absolute Gasteiger partial charge is 0.376 e. The molecule has 1 amide bonds. The number of hydrogen-bond donors (Lipinski definition) is 3. The Balaban J connectivity index is 2.22. The monoisotopic (exact) mass is 257 g/mol. The first-order valence-electron chi connectivity index (χ1n) is 5.03. The normalized spacial score (nSPS) is 10.9. The summed E-state index contributed by atoms with van der Waals surface area (Å²) >= 11 is 0. The fourth-order valence-corrected chi connectivity index (χ4v) is 1.52. The van der Waals surface area contributed by atoms with Crippen molar-refractivity contribution in [2.75, 3.05) is 24.2 Å². The van der Waals surface area contributed by atoms with Crippen molar-refractivity contribution in [2.45, 2.75) is 0 Å². The van der Waals surface area contributed by atoms with Gasteiger partial charge in [-0.25, -0.2) is 13.6 Å². The zero-order valence-electron chi connectivity index (χ0n) is 9.22. The SMILES string of the molecule is NS(=O)(=O)CCNC(=O)CNc1ccccc1. The van der Waals surface area contributed by atoms with Crippen LogP contribution in [0.2, 0.25) is 0 Å². The van der Waals surface area contributed by atoms with Crippen LogP contribution in [0.5, 0.6) is 0 Å². The number of nitrogens with two attached hydrogens (primary N) is 1. The zero-order chi connectivity index (χ0) is 12.7. The number of para-hydroxylation sites is 1. The maximum Gasteiger partial charge on any atom is 0.239 e. The molecule has 0 aliphatic carbocycles. The van der Waals surface area contributed by atoms with Crippen LogP contribution in [0.25, 0.3) is 0 Å². The summed E-state index contributed by atoms with van der Waals surface area (Å²) < 4.78 is 21.2. The molecule has 1 aromatic carbocycles. The van der Waals surface area contributed by atoms with Gasteiger partial charge in [0.2, 0.25) is 15.9 Å². The van der Waals surface area contributed by atoms with Gasteiger partial charge in [0.15, 0.2) is 0 Å². The van der Waals surface area contributed by atoms with E-state index in [0.717, 1.165) is 5.69 Å². The summed E-state index contributed by atoms with van der Waals surface area (Å²) in [7, 11) is -3.52. The highest BCUT2D eigenvalue weighted by atomic mass is 32.2. The third kappa shape index (κ3) is 6.54. The Bertz CT molecular complexity index is 459. The van der Waals surface area contributed by atoms with E-state index in [9.17, 15) is 13.2 Å². The second-order valence-electron chi connectivity index (χ2n) is 3.44. The Kier molecular flexibility index (Phi) is 4.92. The molecule has 0 aromatic heterocycles. The van der Waals surface area contributed by atoms with E-state index in [-0.39, 0.29) is 24.7 Å². The van der Waals surface area contributed by atoms with Crippen LogP contribution >= 0.6 is 0 Å². The fraction of sp³-hybridized carbons (Fsp3) is 0.300. The molecule has 0 atom stereocenters. The van der Waals surface area contributed by atoms with Gasteiger partial charge in [-0.1, -0.05) is 18.2 Å². The predicted octanol–water partition coefficient (Wildman–Crippen LogP) is -0.497. The lowest BCUT2D eigenvalue weighted by Crippen LogP contribution is -2.34. The minimum atomic E-state index is -3.52. The van der Waals surface area contributed by atoms with Gasteiger partial charge in [0.25, 0.3) is 0 Å². The molecule has 6 nitrogen and oxygen atoms in total. The van der Waals surface area contributed by atoms with Crippen LogP contribution in [0.3, 0.4) is 0 Å². The van der Waals surface area contributed by atoms with Crippen molar-refractivity contribution in [1.82, 2.24) is 5.32 Å². The highest BCUT2D eigenvalue weighted by molar-refractivity contribution is 7.89. The average molecular weight is 257 g/mol. The van der Waals surface area contributed by atoms with E-state index in [1.807, 2.05) is 30.3 Å². The molecule has 1 aromatic rings. The molecule has 0 aliphatic rings. The van der Waals surface area contributed by atoms with Crippen molar-refractivity contribution < 1.29 is 13.2 Å². The molecule has 1 rings (SSSR count). The molecule has 0 bridgehead atoms. The van der Waals surface area contributed by atoms with E-state index in [1.54, 1.807) is 0 Å². The molecule has 0 radical (unpaired) electrons. The van der Waals surface area contributed by atoms with E-state index in [4.69, 9.17) is 5.14 Å². The van der Waals surface area contributed by atoms with Gasteiger partial charge in [-0.2, -0.15) is 0 Å². The average Bonchev–Trinajstić information content (AvgIpc) is 2.26. The number of carbonyl (C=O) groups excluding carboxylic acids is 1. The van der Waals surface area contributed by atoms with E-state index in [0.29, 0.717) is 0 Å². The molecule has 4 N–H and O–H groups in total. The van der Waals surface area contributed by atoms with Crippen molar-refractivity contribution in [3.05, 3.63) is 30.3 Å². The number of primary sulfonamides is 1. The van der Waals surface area contributed by atoms with Gasteiger partial charge >= 0.3 is 0 Å². The van der Waals surface area contributed by atoms with Gasteiger partial charge in [-0.15, -0.1) is 0 Å². The van der Waals surface area contributed by atoms with Crippen molar-refractivity contribution in [1.29, 1.82) is 0 Å². The molecular formula is C10H15N3O3S. The molecule has 0 saturated heterocycles. The molecule has 17 heavy (non-hydrogen) atoms. The maximum atomic E-state index is 11.3. The van der Waals surface area contributed by atoms with Crippen LogP contribution in [-0.2, 0) is 14.8 Å². The number of sulfonamides is 1. The highest BCUT2D eigenvalue weighted by Gasteiger charge is 2.04. The third-order valence-electron chi connectivity index (χ3n) is 1.94. The van der Waals surface area contributed by atoms with E-state index in [1.165, 1.54) is 0 Å². The first-order valence-corrected chi connectivity index (χ1v) is 6.75. The van der Waals surface area contributed by atoms with Crippen molar-refractivity contribution in [3.63, 3.8) is 0 Å². The number of hydrogen-bond acceptors (Lipinski definition) is 4. The van der Waals surface area contributed by atoms with Crippen LogP contribution in [0.15, 0.2) is 30.3 Å². The minimum absolute atomic E-state index is 0.0220. The summed E-state index contributed by atoms with van der Waals surface area (Å²) in [5, 5.41) is 10.1. The van der Waals surface area contributed by atoms with E-state index < -0.39 is 10.0 Å². The molecule has 7 heteroatoms. The number of rotatable bonds is 6. The molecule has 0 fully saturated rings. The third-order valence-corrected chi connectivity index (χ3v) is 2.71. The maximum absolute atomic E-state index is 11.3. The topological polar surface area (TPSA) is 101 Å². The molecule has 0 unspecified atom stereocenters. The molecule has 94 valence electrons. The van der Waals surface area contributed by atoms with Gasteiger partial charge in [-0.3, -0.25) is 4.79 Å². The minimum Gasteiger partial charge on any atom is -0.376 e. The lowest BCUT2D eigenvalue weighted by Gasteiger charge is -2.06. The first kappa shape index (κ1) is 13.5. The van der Waals surface area contributed by atoms with Gasteiger partial charge in [-0.05, 0) is 12.1 Å². The zero-order valence-corrected chi connectivity index (χ0v) is 10.0. The molecule has 0 spiro atoms. The summed E-state index contributed by atoms with van der Waals surface area (Å²) in [6, 6.07) is 9.23. The Morgan fingerprint density at radius 1 is 1.24 bits per heavy atom. The standard InChI is InChI=1S/C10H15N3O3S/c11-17(15,16)7-6-12-10(14)8-13-9-4-2-1-3-5-9/h1-5,13H,6-8H2,(H,12,14)(H2,11,15,16). The Morgan fingerprint density at radius 2 is 1.88 bits per heavy atom. The number of benzene rings is 1. The quantitative estimate of drug-likeness (QED) is 0.639. The number of anilines is 1. The van der Waals surface area contributed by atoms with Gasteiger partial charge < -0.3 is 10.6 Å². The summed E-state index contributed by atoms with van der Waals surface area (Å²) in [6.45, 7) is 0.114. The molecule has 0 saturated carbocycles. The Hall–Kier alpha value is -1.60. The van der Waals surface area contributed by atoms with Crippen LogP contribution < -0.4 is 15.8 Å². The number of amides is 1. The second-order valence-corrected chi connectivity index (χ2v) is 5.17. The molecule has 0 aliphatic heterocycles. The highest BCUT2D eigenvalue weighted by Crippen LogP contribution is 2.03. The van der Waals surface area contributed by atoms with E-state index >= 15 is 0 Å². The van der Waals surface area contributed by atoms with Gasteiger partial charge in [0, 0.05) is 12.2 Å². The second kappa shape index (κ2) is 6.21. The van der Waals surface area contributed by atoms with Gasteiger partial charge in [0.05, 0.1) is 12.3 Å². The van der Waals surface area contributed by atoms with Gasteiger partial charge in [0.1, 0.15) is 0 Å². The predicted molar refractivity (Wildman–Crippen MR) is 65.9 cm³/mol. The van der Waals surface area contributed by atoms with Crippen LogP contribution in [-0.4, -0.2) is 33.2 Å². The first-order chi connectivity index (χ1) is 7.97. The summed E-state index contributed by atoms with van der Waals surface area (Å²) in [5.74, 6) is -0.540. The van der Waals surface area contributed by atoms with Crippen LogP contribution in [0.4, 0.5) is 5.69 Å². The lowest BCUT2D eigenvalue weighted by molar-refractivity contribution is -0.119. The van der Waals surface area contributed by atoms with E-state index in [2.05, 4.69) is 10.6 Å². The smallest absolute Gasteiger partial charge is 0.239 e. The summed E-state index contributed by atoms with van der Waals surface area (Å²) in [5.41, 5.74) is 0.828. The summed E-state index contributed by atoms with van der Waals surface area (Å²) in [4.78, 5) is 11.3. The van der Waals surface area contributed by atoms with Crippen LogP contribution in [0.1, 0.15) is 0 Å². The number of nitrogens with one attached hydrogen (secondary N) is 2. The Labute approximate surface area is 100 Å². The van der Waals surface area contributed by atoms with Crippen molar-refractivity contribution >= 4 is 21.6 Å².